The smallest absolute Gasteiger partial charge is 0.264 e. The summed E-state index contributed by atoms with van der Waals surface area (Å²) in [6.07, 6.45) is 0.762. The molecular weight excluding hydrogens is 360 g/mol. The van der Waals surface area contributed by atoms with Crippen molar-refractivity contribution in [3.05, 3.63) is 59.6 Å². The van der Waals surface area contributed by atoms with E-state index < -0.39 is 10.0 Å². The van der Waals surface area contributed by atoms with Gasteiger partial charge >= 0.3 is 0 Å². The van der Waals surface area contributed by atoms with Crippen molar-refractivity contribution in [3.8, 4) is 0 Å². The maximum Gasteiger partial charge on any atom is 0.264 e. The monoisotopic (exact) mass is 380 g/mol. The van der Waals surface area contributed by atoms with Crippen LogP contribution in [-0.2, 0) is 14.8 Å². The molecule has 2 rings (SSSR count). The number of halogens is 1. The molecule has 0 aliphatic rings. The van der Waals surface area contributed by atoms with Gasteiger partial charge in [0.2, 0.25) is 5.91 Å². The first kappa shape index (κ1) is 19.3. The third kappa shape index (κ3) is 4.96. The fourth-order valence-electron chi connectivity index (χ4n) is 2.20. The Balaban J connectivity index is 2.39. The zero-order valence-corrected chi connectivity index (χ0v) is 15.7. The Labute approximate surface area is 153 Å². The lowest BCUT2D eigenvalue weighted by Gasteiger charge is -2.25. The molecule has 1 N–H and O–H groups in total. The highest BCUT2D eigenvalue weighted by Gasteiger charge is 2.27. The quantitative estimate of drug-likeness (QED) is 0.800. The molecule has 2 aromatic carbocycles. The van der Waals surface area contributed by atoms with Crippen LogP contribution in [0.1, 0.15) is 20.3 Å². The van der Waals surface area contributed by atoms with E-state index in [-0.39, 0.29) is 23.4 Å². The van der Waals surface area contributed by atoms with Gasteiger partial charge in [0.05, 0.1) is 10.6 Å². The first-order chi connectivity index (χ1) is 11.8. The van der Waals surface area contributed by atoms with Crippen LogP contribution in [-0.4, -0.2) is 26.9 Å². The van der Waals surface area contributed by atoms with Crippen LogP contribution < -0.4 is 9.62 Å². The number of nitrogens with one attached hydrogen (secondary N) is 1. The lowest BCUT2D eigenvalue weighted by atomic mass is 10.2. The minimum atomic E-state index is -3.88. The van der Waals surface area contributed by atoms with Crippen molar-refractivity contribution in [2.24, 2.45) is 0 Å². The SMILES string of the molecule is CC[C@H](C)NC(=O)CN(c1ccc(Cl)cc1)S(=O)(=O)c1ccccc1. The Hall–Kier alpha value is -2.05. The fraction of sp³-hybridized carbons (Fsp3) is 0.278. The Bertz CT molecular complexity index is 808. The summed E-state index contributed by atoms with van der Waals surface area (Å²) in [5, 5.41) is 3.28. The molecule has 0 spiro atoms. The Morgan fingerprint density at radius 1 is 1.12 bits per heavy atom. The zero-order valence-electron chi connectivity index (χ0n) is 14.1. The molecule has 0 radical (unpaired) electrons. The largest absolute Gasteiger partial charge is 0.352 e. The van der Waals surface area contributed by atoms with Crippen LogP contribution in [0.2, 0.25) is 5.02 Å². The number of hydrogen-bond acceptors (Lipinski definition) is 3. The molecular formula is C18H21ClN2O3S. The number of carbonyl (C=O) groups is 1. The van der Waals surface area contributed by atoms with Gasteiger partial charge in [-0.1, -0.05) is 36.7 Å². The fourth-order valence-corrected chi connectivity index (χ4v) is 3.76. The van der Waals surface area contributed by atoms with Gasteiger partial charge in [-0.05, 0) is 49.7 Å². The van der Waals surface area contributed by atoms with Crippen LogP contribution in [0.5, 0.6) is 0 Å². The molecule has 0 aromatic heterocycles. The number of sulfonamides is 1. The van der Waals surface area contributed by atoms with Crippen LogP contribution >= 0.6 is 11.6 Å². The number of carbonyl (C=O) groups excluding carboxylic acids is 1. The number of hydrogen-bond donors (Lipinski definition) is 1. The van der Waals surface area contributed by atoms with Crippen molar-refractivity contribution in [3.63, 3.8) is 0 Å². The molecule has 0 saturated carbocycles. The van der Waals surface area contributed by atoms with Gasteiger partial charge in [0.1, 0.15) is 6.54 Å². The maximum atomic E-state index is 13.0. The maximum absolute atomic E-state index is 13.0. The molecule has 0 bridgehead atoms. The molecule has 2 aromatic rings. The first-order valence-electron chi connectivity index (χ1n) is 7.97. The summed E-state index contributed by atoms with van der Waals surface area (Å²) >= 11 is 5.89. The van der Waals surface area contributed by atoms with Crippen molar-refractivity contribution in [2.75, 3.05) is 10.8 Å². The number of rotatable bonds is 7. The third-order valence-electron chi connectivity index (χ3n) is 3.75. The minimum Gasteiger partial charge on any atom is -0.352 e. The van der Waals surface area contributed by atoms with E-state index in [4.69, 9.17) is 11.6 Å². The molecule has 5 nitrogen and oxygen atoms in total. The zero-order chi connectivity index (χ0) is 18.4. The second-order valence-corrected chi connectivity index (χ2v) is 7.98. The first-order valence-corrected chi connectivity index (χ1v) is 9.79. The van der Waals surface area contributed by atoms with E-state index >= 15 is 0 Å². The van der Waals surface area contributed by atoms with Gasteiger partial charge in [0, 0.05) is 11.1 Å². The molecule has 1 amide bonds. The molecule has 25 heavy (non-hydrogen) atoms. The van der Waals surface area contributed by atoms with Crippen molar-refractivity contribution in [2.45, 2.75) is 31.2 Å². The summed E-state index contributed by atoms with van der Waals surface area (Å²) < 4.78 is 27.1. The predicted molar refractivity (Wildman–Crippen MR) is 100 cm³/mol. The third-order valence-corrected chi connectivity index (χ3v) is 5.79. The Morgan fingerprint density at radius 3 is 2.28 bits per heavy atom. The van der Waals surface area contributed by atoms with Crippen LogP contribution in [0.3, 0.4) is 0 Å². The summed E-state index contributed by atoms with van der Waals surface area (Å²) in [6, 6.07) is 14.4. The Kier molecular flexibility index (Phi) is 6.45. The Morgan fingerprint density at radius 2 is 1.72 bits per heavy atom. The van der Waals surface area contributed by atoms with E-state index in [1.165, 1.54) is 12.1 Å². The number of amides is 1. The van der Waals surface area contributed by atoms with Gasteiger partial charge in [0.15, 0.2) is 0 Å². The molecule has 1 atom stereocenters. The summed E-state index contributed by atoms with van der Waals surface area (Å²) in [6.45, 7) is 3.52. The minimum absolute atomic E-state index is 0.0287. The second kappa shape index (κ2) is 8.36. The molecule has 0 aliphatic carbocycles. The van der Waals surface area contributed by atoms with E-state index in [1.807, 2.05) is 13.8 Å². The molecule has 7 heteroatoms. The summed E-state index contributed by atoms with van der Waals surface area (Å²) in [4.78, 5) is 12.4. The van der Waals surface area contributed by atoms with E-state index in [2.05, 4.69) is 5.32 Å². The highest BCUT2D eigenvalue weighted by molar-refractivity contribution is 7.92. The van der Waals surface area contributed by atoms with Gasteiger partial charge < -0.3 is 5.32 Å². The molecule has 134 valence electrons. The van der Waals surface area contributed by atoms with Gasteiger partial charge in [-0.15, -0.1) is 0 Å². The van der Waals surface area contributed by atoms with Crippen LogP contribution in [0.15, 0.2) is 59.5 Å². The van der Waals surface area contributed by atoms with Crippen molar-refractivity contribution >= 4 is 33.2 Å². The van der Waals surface area contributed by atoms with E-state index in [1.54, 1.807) is 42.5 Å². The van der Waals surface area contributed by atoms with Crippen LogP contribution in [0.4, 0.5) is 5.69 Å². The lowest BCUT2D eigenvalue weighted by molar-refractivity contribution is -0.120. The van der Waals surface area contributed by atoms with Crippen molar-refractivity contribution in [1.29, 1.82) is 0 Å². The average Bonchev–Trinajstić information content (AvgIpc) is 2.61. The van der Waals surface area contributed by atoms with Crippen molar-refractivity contribution < 1.29 is 13.2 Å². The molecule has 0 saturated heterocycles. The lowest BCUT2D eigenvalue weighted by Crippen LogP contribution is -2.43. The van der Waals surface area contributed by atoms with Crippen molar-refractivity contribution in [1.82, 2.24) is 5.32 Å². The summed E-state index contributed by atoms with van der Waals surface area (Å²) in [5.41, 5.74) is 0.382. The second-order valence-electron chi connectivity index (χ2n) is 5.68. The molecule has 0 aliphatic heterocycles. The number of anilines is 1. The molecule has 0 heterocycles. The molecule has 0 fully saturated rings. The average molecular weight is 381 g/mol. The van der Waals surface area contributed by atoms with Gasteiger partial charge in [-0.3, -0.25) is 9.10 Å². The van der Waals surface area contributed by atoms with Crippen LogP contribution in [0, 0.1) is 0 Å². The van der Waals surface area contributed by atoms with Gasteiger partial charge in [0.25, 0.3) is 10.0 Å². The standard InChI is InChI=1S/C18H21ClN2O3S/c1-3-14(2)20-18(22)13-21(16-11-9-15(19)10-12-16)25(23,24)17-7-5-4-6-8-17/h4-12,14H,3,13H2,1-2H3,(H,20,22)/t14-/m0/s1. The molecule has 0 unspecified atom stereocenters. The number of benzene rings is 2. The topological polar surface area (TPSA) is 66.5 Å². The van der Waals surface area contributed by atoms with E-state index in [9.17, 15) is 13.2 Å². The van der Waals surface area contributed by atoms with Gasteiger partial charge in [-0.2, -0.15) is 0 Å². The summed E-state index contributed by atoms with van der Waals surface area (Å²) in [7, 11) is -3.88. The number of nitrogens with zero attached hydrogens (tertiary/aromatic N) is 1. The van der Waals surface area contributed by atoms with E-state index in [0.29, 0.717) is 10.7 Å². The highest BCUT2D eigenvalue weighted by Crippen LogP contribution is 2.25. The summed E-state index contributed by atoms with van der Waals surface area (Å²) in [5.74, 6) is -0.358. The van der Waals surface area contributed by atoms with Crippen LogP contribution in [0.25, 0.3) is 0 Å². The highest BCUT2D eigenvalue weighted by atomic mass is 35.5. The predicted octanol–water partition coefficient (Wildman–Crippen LogP) is 3.45. The normalized spacial score (nSPS) is 12.4. The van der Waals surface area contributed by atoms with E-state index in [0.717, 1.165) is 10.7 Å². The van der Waals surface area contributed by atoms with Gasteiger partial charge in [-0.25, -0.2) is 8.42 Å².